The predicted molar refractivity (Wildman–Crippen MR) is 91.3 cm³/mol. The summed E-state index contributed by atoms with van der Waals surface area (Å²) in [5, 5.41) is 0. The molecule has 1 aromatic heterocycles. The van der Waals surface area contributed by atoms with E-state index in [0.717, 1.165) is 42.9 Å². The van der Waals surface area contributed by atoms with Gasteiger partial charge >= 0.3 is 5.69 Å². The summed E-state index contributed by atoms with van der Waals surface area (Å²) >= 11 is 0. The van der Waals surface area contributed by atoms with Gasteiger partial charge in [0.15, 0.2) is 0 Å². The van der Waals surface area contributed by atoms with Crippen LogP contribution in [0.5, 0.6) is 0 Å². The van der Waals surface area contributed by atoms with E-state index < -0.39 is 0 Å². The maximum atomic E-state index is 12.3. The van der Waals surface area contributed by atoms with E-state index in [4.69, 9.17) is 0 Å². The van der Waals surface area contributed by atoms with Crippen LogP contribution < -0.4 is 5.69 Å². The van der Waals surface area contributed by atoms with Gasteiger partial charge in [0.05, 0.1) is 11.0 Å². The van der Waals surface area contributed by atoms with Crippen molar-refractivity contribution in [1.29, 1.82) is 0 Å². The van der Waals surface area contributed by atoms with Gasteiger partial charge in [-0.25, -0.2) is 4.79 Å². The number of rotatable bonds is 5. The topological polar surface area (TPSA) is 41.0 Å². The Morgan fingerprint density at radius 3 is 2.68 bits per heavy atom. The summed E-state index contributed by atoms with van der Waals surface area (Å²) in [7, 11) is 0. The van der Waals surface area contributed by atoms with Crippen molar-refractivity contribution in [3.05, 3.63) is 34.7 Å². The monoisotopic (exact) mass is 301 g/mol. The molecule has 0 atom stereocenters. The zero-order valence-electron chi connectivity index (χ0n) is 13.7. The van der Waals surface area contributed by atoms with E-state index in [1.54, 1.807) is 0 Å². The van der Waals surface area contributed by atoms with Crippen molar-refractivity contribution in [2.75, 3.05) is 19.6 Å². The summed E-state index contributed by atoms with van der Waals surface area (Å²) in [5.74, 6) is 0.794. The molecule has 0 radical (unpaired) electrons. The molecule has 0 unspecified atom stereocenters. The molecule has 2 aromatic rings. The molecule has 0 amide bonds. The average Bonchev–Trinajstić information content (AvgIpc) is 2.83. The quantitative estimate of drug-likeness (QED) is 0.919. The van der Waals surface area contributed by atoms with Crippen LogP contribution in [0.15, 0.2) is 29.1 Å². The smallest absolute Gasteiger partial charge is 0.306 e. The lowest BCUT2D eigenvalue weighted by molar-refractivity contribution is 0.182. The Balaban J connectivity index is 1.63. The van der Waals surface area contributed by atoms with Crippen molar-refractivity contribution in [3.63, 3.8) is 0 Å². The molecular formula is C18H27N3O. The van der Waals surface area contributed by atoms with Crippen molar-refractivity contribution in [2.24, 2.45) is 5.92 Å². The van der Waals surface area contributed by atoms with Gasteiger partial charge in [-0.2, -0.15) is 0 Å². The maximum absolute atomic E-state index is 12.3. The number of aromatic nitrogens is 2. The standard InChI is InChI=1S/C18H27N3O/c1-14(2)6-5-11-20-12-9-15(10-13-20)21-17-8-4-3-7-16(17)19-18(21)22/h3-4,7-8,14-15H,5-6,9-13H2,1-2H3,(H,19,22). The molecular weight excluding hydrogens is 274 g/mol. The highest BCUT2D eigenvalue weighted by molar-refractivity contribution is 5.75. The van der Waals surface area contributed by atoms with Crippen LogP contribution in [0.1, 0.15) is 45.6 Å². The van der Waals surface area contributed by atoms with E-state index in [-0.39, 0.29) is 5.69 Å². The summed E-state index contributed by atoms with van der Waals surface area (Å²) < 4.78 is 1.97. The first kappa shape index (κ1) is 15.3. The number of likely N-dealkylation sites (tertiary alicyclic amines) is 1. The SMILES string of the molecule is CC(C)CCCN1CCC(n2c(=O)[nH]c3ccccc32)CC1. The molecule has 4 heteroatoms. The second-order valence-corrected chi connectivity index (χ2v) is 6.93. The number of fused-ring (bicyclic) bond motifs is 1. The Kier molecular flexibility index (Phi) is 4.67. The molecule has 3 rings (SSSR count). The number of nitrogens with zero attached hydrogens (tertiary/aromatic N) is 2. The summed E-state index contributed by atoms with van der Waals surface area (Å²) in [5.41, 5.74) is 2.04. The van der Waals surface area contributed by atoms with Gasteiger partial charge in [0.25, 0.3) is 0 Å². The van der Waals surface area contributed by atoms with Crippen LogP contribution in [0.25, 0.3) is 11.0 Å². The lowest BCUT2D eigenvalue weighted by Gasteiger charge is -2.32. The number of H-pyrrole nitrogens is 1. The van der Waals surface area contributed by atoms with Crippen LogP contribution in [0.3, 0.4) is 0 Å². The highest BCUT2D eigenvalue weighted by Gasteiger charge is 2.23. The number of imidazole rings is 1. The molecule has 0 saturated carbocycles. The summed E-state index contributed by atoms with van der Waals surface area (Å²) in [6.45, 7) is 7.99. The minimum atomic E-state index is 0.0412. The van der Waals surface area contributed by atoms with Gasteiger partial charge < -0.3 is 9.88 Å². The van der Waals surface area contributed by atoms with Crippen molar-refractivity contribution in [2.45, 2.75) is 45.6 Å². The third-order valence-electron chi connectivity index (χ3n) is 4.80. The molecule has 4 nitrogen and oxygen atoms in total. The molecule has 120 valence electrons. The van der Waals surface area contributed by atoms with E-state index in [9.17, 15) is 4.79 Å². The Hall–Kier alpha value is -1.55. The van der Waals surface area contributed by atoms with Gasteiger partial charge in [-0.05, 0) is 50.3 Å². The average molecular weight is 301 g/mol. The van der Waals surface area contributed by atoms with Gasteiger partial charge in [-0.15, -0.1) is 0 Å². The lowest BCUT2D eigenvalue weighted by Crippen LogP contribution is -2.37. The van der Waals surface area contributed by atoms with E-state index in [1.807, 2.05) is 28.8 Å². The highest BCUT2D eigenvalue weighted by Crippen LogP contribution is 2.25. The van der Waals surface area contributed by atoms with Crippen LogP contribution in [-0.2, 0) is 0 Å². The molecule has 1 aliphatic rings. The molecule has 0 spiro atoms. The highest BCUT2D eigenvalue weighted by atomic mass is 16.1. The molecule has 1 aliphatic heterocycles. The number of benzene rings is 1. The fraction of sp³-hybridized carbons (Fsp3) is 0.611. The van der Waals surface area contributed by atoms with Crippen molar-refractivity contribution in [3.8, 4) is 0 Å². The van der Waals surface area contributed by atoms with Crippen LogP contribution in [-0.4, -0.2) is 34.1 Å². The third-order valence-corrected chi connectivity index (χ3v) is 4.80. The second-order valence-electron chi connectivity index (χ2n) is 6.93. The Morgan fingerprint density at radius 2 is 1.95 bits per heavy atom. The van der Waals surface area contributed by atoms with E-state index >= 15 is 0 Å². The fourth-order valence-corrected chi connectivity index (χ4v) is 3.56. The molecule has 0 bridgehead atoms. The van der Waals surface area contributed by atoms with Crippen LogP contribution in [0, 0.1) is 5.92 Å². The molecule has 1 aromatic carbocycles. The molecule has 22 heavy (non-hydrogen) atoms. The van der Waals surface area contributed by atoms with Gasteiger partial charge in [0.1, 0.15) is 0 Å². The number of piperidine rings is 1. The fourth-order valence-electron chi connectivity index (χ4n) is 3.56. The van der Waals surface area contributed by atoms with Crippen molar-refractivity contribution >= 4 is 11.0 Å². The number of hydrogen-bond donors (Lipinski definition) is 1. The van der Waals surface area contributed by atoms with Crippen molar-refractivity contribution < 1.29 is 0 Å². The maximum Gasteiger partial charge on any atom is 0.326 e. The lowest BCUT2D eigenvalue weighted by atomic mass is 10.0. The number of aromatic amines is 1. The third kappa shape index (κ3) is 3.27. The first-order valence-corrected chi connectivity index (χ1v) is 8.57. The Labute approximate surface area is 132 Å². The van der Waals surface area contributed by atoms with Gasteiger partial charge in [-0.1, -0.05) is 26.0 Å². The molecule has 1 saturated heterocycles. The summed E-state index contributed by atoms with van der Waals surface area (Å²) in [4.78, 5) is 17.8. The van der Waals surface area contributed by atoms with Crippen LogP contribution >= 0.6 is 0 Å². The second kappa shape index (κ2) is 6.69. The largest absolute Gasteiger partial charge is 0.326 e. The molecule has 2 heterocycles. The molecule has 1 fully saturated rings. The first-order chi connectivity index (χ1) is 10.6. The predicted octanol–water partition coefficient (Wildman–Crippen LogP) is 3.40. The zero-order chi connectivity index (χ0) is 15.5. The normalized spacial score (nSPS) is 17.6. The van der Waals surface area contributed by atoms with E-state index in [1.165, 1.54) is 19.4 Å². The minimum Gasteiger partial charge on any atom is -0.306 e. The molecule has 1 N–H and O–H groups in total. The van der Waals surface area contributed by atoms with Gasteiger partial charge in [-0.3, -0.25) is 4.57 Å². The van der Waals surface area contributed by atoms with Gasteiger partial charge in [0, 0.05) is 19.1 Å². The zero-order valence-corrected chi connectivity index (χ0v) is 13.7. The van der Waals surface area contributed by atoms with Crippen LogP contribution in [0.2, 0.25) is 0 Å². The first-order valence-electron chi connectivity index (χ1n) is 8.57. The number of hydrogen-bond acceptors (Lipinski definition) is 2. The molecule has 0 aliphatic carbocycles. The Bertz CT molecular complexity index is 662. The van der Waals surface area contributed by atoms with Crippen LogP contribution in [0.4, 0.5) is 0 Å². The number of para-hydroxylation sites is 2. The van der Waals surface area contributed by atoms with Crippen molar-refractivity contribution in [1.82, 2.24) is 14.5 Å². The number of nitrogens with one attached hydrogen (secondary N) is 1. The van der Waals surface area contributed by atoms with Gasteiger partial charge in [0.2, 0.25) is 0 Å². The minimum absolute atomic E-state index is 0.0412. The van der Waals surface area contributed by atoms with E-state index in [2.05, 4.69) is 23.7 Å². The summed E-state index contributed by atoms with van der Waals surface area (Å²) in [6, 6.07) is 8.34. The van der Waals surface area contributed by atoms with E-state index in [0.29, 0.717) is 6.04 Å². The Morgan fingerprint density at radius 1 is 1.23 bits per heavy atom. The summed E-state index contributed by atoms with van der Waals surface area (Å²) in [6.07, 6.45) is 4.74.